The van der Waals surface area contributed by atoms with E-state index >= 15 is 0 Å². The molecule has 0 spiro atoms. The molecule has 0 aromatic heterocycles. The second kappa shape index (κ2) is 4.75. The molecule has 4 nitrogen and oxygen atoms in total. The Hall–Kier alpha value is -1.55. The number of halogens is 1. The van der Waals surface area contributed by atoms with E-state index in [0.29, 0.717) is 16.6 Å². The Labute approximate surface area is 104 Å². The van der Waals surface area contributed by atoms with E-state index in [1.54, 1.807) is 12.1 Å². The number of hydrogen-bond acceptors (Lipinski definition) is 2. The molecule has 0 aliphatic heterocycles. The summed E-state index contributed by atoms with van der Waals surface area (Å²) in [5.74, 6) is -1.89. The van der Waals surface area contributed by atoms with Crippen molar-refractivity contribution in [3.05, 3.63) is 28.8 Å². The molecule has 0 unspecified atom stereocenters. The Bertz CT molecular complexity index is 469. The van der Waals surface area contributed by atoms with Gasteiger partial charge in [-0.25, -0.2) is 4.79 Å². The van der Waals surface area contributed by atoms with Crippen molar-refractivity contribution in [1.29, 1.82) is 0 Å². The number of anilines is 1. The number of rotatable bonds is 3. The van der Waals surface area contributed by atoms with Gasteiger partial charge in [-0.05, 0) is 42.9 Å². The first-order chi connectivity index (χ1) is 8.06. The number of carbonyl (C=O) groups is 2. The highest BCUT2D eigenvalue weighted by atomic mass is 35.5. The normalized spacial score (nSPS) is 14.4. The molecule has 5 heteroatoms. The average molecular weight is 254 g/mol. The monoisotopic (exact) mass is 253 g/mol. The van der Waals surface area contributed by atoms with Crippen LogP contribution in [0.3, 0.4) is 0 Å². The molecule has 0 atom stereocenters. The summed E-state index contributed by atoms with van der Waals surface area (Å²) in [5, 5.41) is 11.4. The molecule has 0 heterocycles. The summed E-state index contributed by atoms with van der Waals surface area (Å²) < 4.78 is 0. The molecule has 1 aromatic carbocycles. The molecule has 2 N–H and O–H groups in total. The first kappa shape index (κ1) is 11.9. The minimum atomic E-state index is -1.50. The molecule has 17 heavy (non-hydrogen) atoms. The summed E-state index contributed by atoms with van der Waals surface area (Å²) in [4.78, 5) is 21.6. The van der Waals surface area contributed by atoms with E-state index in [2.05, 4.69) is 5.32 Å². The smallest absolute Gasteiger partial charge is 0.394 e. The molecule has 1 aromatic rings. The van der Waals surface area contributed by atoms with E-state index in [-0.39, 0.29) is 0 Å². The van der Waals surface area contributed by atoms with E-state index in [9.17, 15) is 9.59 Å². The number of nitrogens with one attached hydrogen (secondary N) is 1. The van der Waals surface area contributed by atoms with Gasteiger partial charge in [0, 0.05) is 10.7 Å². The van der Waals surface area contributed by atoms with Crippen molar-refractivity contribution < 1.29 is 14.7 Å². The summed E-state index contributed by atoms with van der Waals surface area (Å²) in [7, 11) is 0. The number of carbonyl (C=O) groups excluding carboxylic acids is 1. The van der Waals surface area contributed by atoms with Gasteiger partial charge >= 0.3 is 11.9 Å². The van der Waals surface area contributed by atoms with E-state index in [1.165, 1.54) is 12.8 Å². The number of benzene rings is 1. The molecular formula is C12H12ClNO3. The lowest BCUT2D eigenvalue weighted by molar-refractivity contribution is -0.147. The van der Waals surface area contributed by atoms with Gasteiger partial charge in [-0.3, -0.25) is 4.79 Å². The zero-order valence-electron chi connectivity index (χ0n) is 9.07. The van der Waals surface area contributed by atoms with Crippen molar-refractivity contribution in [1.82, 2.24) is 0 Å². The van der Waals surface area contributed by atoms with Crippen molar-refractivity contribution >= 4 is 29.2 Å². The van der Waals surface area contributed by atoms with Crippen molar-refractivity contribution in [3.63, 3.8) is 0 Å². The fraction of sp³-hybridized carbons (Fsp3) is 0.333. The van der Waals surface area contributed by atoms with Gasteiger partial charge in [-0.15, -0.1) is 0 Å². The summed E-state index contributed by atoms with van der Waals surface area (Å²) in [5.41, 5.74) is 1.43. The van der Waals surface area contributed by atoms with Crippen LogP contribution in [0.2, 0.25) is 5.02 Å². The molecule has 1 aliphatic rings. The van der Waals surface area contributed by atoms with Crippen molar-refractivity contribution in [2.24, 2.45) is 5.92 Å². The molecule has 1 aliphatic carbocycles. The molecule has 0 saturated heterocycles. The van der Waals surface area contributed by atoms with Crippen LogP contribution in [0.15, 0.2) is 18.2 Å². The highest BCUT2D eigenvalue weighted by Gasteiger charge is 2.23. The van der Waals surface area contributed by atoms with E-state index < -0.39 is 11.9 Å². The van der Waals surface area contributed by atoms with Gasteiger partial charge in [0.15, 0.2) is 0 Å². The Kier molecular flexibility index (Phi) is 3.33. The van der Waals surface area contributed by atoms with Gasteiger partial charge < -0.3 is 10.4 Å². The third-order valence-corrected chi connectivity index (χ3v) is 2.95. The Morgan fingerprint density at radius 3 is 2.71 bits per heavy atom. The number of amides is 1. The zero-order chi connectivity index (χ0) is 12.4. The summed E-state index contributed by atoms with van der Waals surface area (Å²) in [6.45, 7) is 0. The van der Waals surface area contributed by atoms with Crippen LogP contribution in [-0.4, -0.2) is 17.0 Å². The topological polar surface area (TPSA) is 66.4 Å². The second-order valence-corrected chi connectivity index (χ2v) is 4.64. The molecule has 1 amide bonds. The molecule has 2 rings (SSSR count). The molecule has 0 radical (unpaired) electrons. The van der Waals surface area contributed by atoms with Crippen molar-refractivity contribution in [3.8, 4) is 0 Å². The Balaban J connectivity index is 2.19. The van der Waals surface area contributed by atoms with Crippen LogP contribution < -0.4 is 5.32 Å². The van der Waals surface area contributed by atoms with E-state index in [0.717, 1.165) is 12.0 Å². The third kappa shape index (κ3) is 3.20. The number of carboxylic acid groups (broad SMARTS) is 1. The molecular weight excluding hydrogens is 242 g/mol. The highest BCUT2D eigenvalue weighted by molar-refractivity contribution is 6.37. The van der Waals surface area contributed by atoms with Gasteiger partial charge in [0.2, 0.25) is 0 Å². The molecule has 1 fully saturated rings. The number of aliphatic carboxylic acids is 1. The first-order valence-corrected chi connectivity index (χ1v) is 5.77. The van der Waals surface area contributed by atoms with Crippen LogP contribution in [0.25, 0.3) is 0 Å². The van der Waals surface area contributed by atoms with Gasteiger partial charge in [-0.1, -0.05) is 17.7 Å². The maximum Gasteiger partial charge on any atom is 0.394 e. The Morgan fingerprint density at radius 2 is 2.12 bits per heavy atom. The standard InChI is InChI=1S/C12H12ClNO3/c13-9-4-3-8(5-7-1-2-7)10(6-9)14-11(15)12(16)17/h3-4,6-7H,1-2,5H2,(H,14,15)(H,16,17). The van der Waals surface area contributed by atoms with E-state index in [1.807, 2.05) is 6.07 Å². The number of hydrogen-bond donors (Lipinski definition) is 2. The minimum Gasteiger partial charge on any atom is -0.474 e. The third-order valence-electron chi connectivity index (χ3n) is 2.72. The highest BCUT2D eigenvalue weighted by Crippen LogP contribution is 2.35. The predicted octanol–water partition coefficient (Wildman–Crippen LogP) is 2.32. The maximum absolute atomic E-state index is 11.1. The van der Waals surface area contributed by atoms with Crippen molar-refractivity contribution in [2.75, 3.05) is 5.32 Å². The fourth-order valence-electron chi connectivity index (χ4n) is 1.65. The zero-order valence-corrected chi connectivity index (χ0v) is 9.83. The Morgan fingerprint density at radius 1 is 1.41 bits per heavy atom. The quantitative estimate of drug-likeness (QED) is 0.813. The van der Waals surface area contributed by atoms with Crippen LogP contribution >= 0.6 is 11.6 Å². The lowest BCUT2D eigenvalue weighted by Crippen LogP contribution is -2.22. The lowest BCUT2D eigenvalue weighted by atomic mass is 10.1. The summed E-state index contributed by atoms with van der Waals surface area (Å²) >= 11 is 5.83. The maximum atomic E-state index is 11.1. The largest absolute Gasteiger partial charge is 0.474 e. The van der Waals surface area contributed by atoms with Crippen LogP contribution in [-0.2, 0) is 16.0 Å². The van der Waals surface area contributed by atoms with Crippen LogP contribution in [0.5, 0.6) is 0 Å². The number of carboxylic acids is 1. The fourth-order valence-corrected chi connectivity index (χ4v) is 1.82. The molecule has 1 saturated carbocycles. The lowest BCUT2D eigenvalue weighted by Gasteiger charge is -2.09. The van der Waals surface area contributed by atoms with Crippen LogP contribution in [0.4, 0.5) is 5.69 Å². The van der Waals surface area contributed by atoms with Gasteiger partial charge in [0.1, 0.15) is 0 Å². The van der Waals surface area contributed by atoms with Crippen LogP contribution in [0.1, 0.15) is 18.4 Å². The van der Waals surface area contributed by atoms with E-state index in [4.69, 9.17) is 16.7 Å². The predicted molar refractivity (Wildman–Crippen MR) is 64.1 cm³/mol. The van der Waals surface area contributed by atoms with Crippen molar-refractivity contribution in [2.45, 2.75) is 19.3 Å². The SMILES string of the molecule is O=C(O)C(=O)Nc1cc(Cl)ccc1CC1CC1. The minimum absolute atomic E-state index is 0.477. The summed E-state index contributed by atoms with van der Waals surface area (Å²) in [6, 6.07) is 5.16. The molecule has 90 valence electrons. The average Bonchev–Trinajstić information content (AvgIpc) is 3.05. The first-order valence-electron chi connectivity index (χ1n) is 5.39. The summed E-state index contributed by atoms with van der Waals surface area (Å²) in [6.07, 6.45) is 3.23. The second-order valence-electron chi connectivity index (χ2n) is 4.21. The van der Waals surface area contributed by atoms with Crippen LogP contribution in [0, 0.1) is 5.92 Å². The van der Waals surface area contributed by atoms with Gasteiger partial charge in [0.05, 0.1) is 0 Å². The van der Waals surface area contributed by atoms with Gasteiger partial charge in [-0.2, -0.15) is 0 Å². The van der Waals surface area contributed by atoms with Gasteiger partial charge in [0.25, 0.3) is 0 Å². The molecule has 0 bridgehead atoms.